The number of hydrogen-bond acceptors (Lipinski definition) is 3. The molecule has 0 unspecified atom stereocenters. The Morgan fingerprint density at radius 2 is 2.04 bits per heavy atom. The van der Waals surface area contributed by atoms with Gasteiger partial charge in [0, 0.05) is 11.8 Å². The standard InChI is InChI=1S/C17H20ClN3O3/c1-4-10(2)15(17(23)24)19-16(22)14-11(3)9-21(20-14)13-8-6-5-7-12(13)18/h5-10,15H,4H2,1-3H3,(H,19,22)(H,23,24)/t10-,15-/m0/s1. The Hall–Kier alpha value is -2.34. The Balaban J connectivity index is 2.28. The number of halogens is 1. The summed E-state index contributed by atoms with van der Waals surface area (Å²) in [5.41, 5.74) is 1.48. The third kappa shape index (κ3) is 3.76. The van der Waals surface area contributed by atoms with Crippen LogP contribution in [0.1, 0.15) is 36.3 Å². The number of aryl methyl sites for hydroxylation is 1. The monoisotopic (exact) mass is 349 g/mol. The van der Waals surface area contributed by atoms with Gasteiger partial charge in [-0.2, -0.15) is 5.10 Å². The van der Waals surface area contributed by atoms with Gasteiger partial charge in [-0.3, -0.25) is 4.79 Å². The van der Waals surface area contributed by atoms with Crippen molar-refractivity contribution >= 4 is 23.5 Å². The molecule has 0 fully saturated rings. The van der Waals surface area contributed by atoms with Gasteiger partial charge in [-0.15, -0.1) is 0 Å². The molecule has 0 saturated carbocycles. The van der Waals surface area contributed by atoms with E-state index in [0.717, 1.165) is 0 Å². The predicted octanol–water partition coefficient (Wildman–Crippen LogP) is 3.06. The van der Waals surface area contributed by atoms with Crippen LogP contribution in [0.4, 0.5) is 0 Å². The molecular weight excluding hydrogens is 330 g/mol. The minimum absolute atomic E-state index is 0.183. The van der Waals surface area contributed by atoms with Gasteiger partial charge in [0.1, 0.15) is 6.04 Å². The molecule has 0 radical (unpaired) electrons. The summed E-state index contributed by atoms with van der Waals surface area (Å²) in [6, 6.07) is 6.19. The number of amides is 1. The van der Waals surface area contributed by atoms with Crippen molar-refractivity contribution in [1.82, 2.24) is 15.1 Å². The molecule has 0 bridgehead atoms. The fourth-order valence-corrected chi connectivity index (χ4v) is 2.56. The molecule has 1 aromatic carbocycles. The van der Waals surface area contributed by atoms with Crippen LogP contribution in [0.15, 0.2) is 30.5 Å². The Labute approximate surface area is 145 Å². The van der Waals surface area contributed by atoms with E-state index in [1.165, 1.54) is 4.68 Å². The summed E-state index contributed by atoms with van der Waals surface area (Å²) in [7, 11) is 0. The molecule has 0 spiro atoms. The van der Waals surface area contributed by atoms with E-state index < -0.39 is 17.9 Å². The van der Waals surface area contributed by atoms with Gasteiger partial charge in [0.25, 0.3) is 5.91 Å². The minimum atomic E-state index is -1.05. The quantitative estimate of drug-likeness (QED) is 0.839. The fourth-order valence-electron chi connectivity index (χ4n) is 2.34. The summed E-state index contributed by atoms with van der Waals surface area (Å²) in [5, 5.41) is 16.6. The van der Waals surface area contributed by atoms with Crippen LogP contribution in [0.3, 0.4) is 0 Å². The number of nitrogens with one attached hydrogen (secondary N) is 1. The smallest absolute Gasteiger partial charge is 0.326 e. The molecule has 2 aromatic rings. The molecular formula is C17H20ClN3O3. The highest BCUT2D eigenvalue weighted by molar-refractivity contribution is 6.32. The zero-order valence-corrected chi connectivity index (χ0v) is 14.5. The fraction of sp³-hybridized carbons (Fsp3) is 0.353. The Kier molecular flexibility index (Phi) is 5.62. The van der Waals surface area contributed by atoms with Crippen molar-refractivity contribution in [3.63, 3.8) is 0 Å². The summed E-state index contributed by atoms with van der Waals surface area (Å²) < 4.78 is 1.52. The first kappa shape index (κ1) is 18.0. The molecule has 0 aliphatic heterocycles. The molecule has 2 atom stereocenters. The first-order valence-electron chi connectivity index (χ1n) is 7.70. The molecule has 24 heavy (non-hydrogen) atoms. The van der Waals surface area contributed by atoms with Gasteiger partial charge >= 0.3 is 5.97 Å². The maximum absolute atomic E-state index is 12.4. The summed E-state index contributed by atoms with van der Waals surface area (Å²) in [6.07, 6.45) is 2.33. The van der Waals surface area contributed by atoms with E-state index in [2.05, 4.69) is 10.4 Å². The second kappa shape index (κ2) is 7.49. The number of carbonyl (C=O) groups excluding carboxylic acids is 1. The summed E-state index contributed by atoms with van der Waals surface area (Å²) in [6.45, 7) is 5.41. The lowest BCUT2D eigenvalue weighted by Gasteiger charge is -2.19. The number of carbonyl (C=O) groups is 2. The number of carboxylic acid groups (broad SMARTS) is 1. The Morgan fingerprint density at radius 3 is 2.62 bits per heavy atom. The minimum Gasteiger partial charge on any atom is -0.480 e. The molecule has 1 amide bonds. The number of carboxylic acids is 1. The number of rotatable bonds is 6. The maximum atomic E-state index is 12.4. The van der Waals surface area contributed by atoms with Crippen molar-refractivity contribution in [1.29, 1.82) is 0 Å². The average Bonchev–Trinajstić information content (AvgIpc) is 2.93. The van der Waals surface area contributed by atoms with Crippen molar-refractivity contribution in [3.8, 4) is 5.69 Å². The molecule has 7 heteroatoms. The highest BCUT2D eigenvalue weighted by atomic mass is 35.5. The predicted molar refractivity (Wildman–Crippen MR) is 91.7 cm³/mol. The van der Waals surface area contributed by atoms with E-state index in [9.17, 15) is 14.7 Å². The highest BCUT2D eigenvalue weighted by Gasteiger charge is 2.27. The number of benzene rings is 1. The zero-order valence-electron chi connectivity index (χ0n) is 13.8. The van der Waals surface area contributed by atoms with E-state index in [1.807, 2.05) is 13.0 Å². The van der Waals surface area contributed by atoms with Gasteiger partial charge in [0.2, 0.25) is 0 Å². The zero-order chi connectivity index (χ0) is 17.9. The number of aromatic nitrogens is 2. The van der Waals surface area contributed by atoms with Gasteiger partial charge in [0.15, 0.2) is 5.69 Å². The normalized spacial score (nSPS) is 13.3. The van der Waals surface area contributed by atoms with Crippen LogP contribution >= 0.6 is 11.6 Å². The largest absolute Gasteiger partial charge is 0.480 e. The average molecular weight is 350 g/mol. The molecule has 0 aliphatic rings. The summed E-state index contributed by atoms with van der Waals surface area (Å²) >= 11 is 6.15. The molecule has 0 saturated heterocycles. The second-order valence-corrected chi connectivity index (χ2v) is 6.14. The maximum Gasteiger partial charge on any atom is 0.326 e. The van der Waals surface area contributed by atoms with Gasteiger partial charge in [-0.25, -0.2) is 9.48 Å². The van der Waals surface area contributed by atoms with Crippen LogP contribution in [0, 0.1) is 12.8 Å². The Morgan fingerprint density at radius 1 is 1.38 bits per heavy atom. The summed E-state index contributed by atoms with van der Waals surface area (Å²) in [4.78, 5) is 23.8. The molecule has 2 rings (SSSR count). The highest BCUT2D eigenvalue weighted by Crippen LogP contribution is 2.20. The molecule has 2 N–H and O–H groups in total. The van der Waals surface area contributed by atoms with Crippen molar-refractivity contribution in [2.45, 2.75) is 33.2 Å². The van der Waals surface area contributed by atoms with E-state index in [4.69, 9.17) is 11.6 Å². The van der Waals surface area contributed by atoms with Crippen molar-refractivity contribution in [3.05, 3.63) is 46.7 Å². The molecule has 128 valence electrons. The van der Waals surface area contributed by atoms with Crippen molar-refractivity contribution in [2.75, 3.05) is 0 Å². The topological polar surface area (TPSA) is 84.2 Å². The van der Waals surface area contributed by atoms with Gasteiger partial charge in [0.05, 0.1) is 10.7 Å². The third-order valence-corrected chi connectivity index (χ3v) is 4.30. The third-order valence-electron chi connectivity index (χ3n) is 3.98. The number of nitrogens with zero attached hydrogens (tertiary/aromatic N) is 2. The van der Waals surface area contributed by atoms with Gasteiger partial charge < -0.3 is 10.4 Å². The van der Waals surface area contributed by atoms with E-state index >= 15 is 0 Å². The lowest BCUT2D eigenvalue weighted by molar-refractivity contribution is -0.140. The van der Waals surface area contributed by atoms with Crippen LogP contribution in [-0.2, 0) is 4.79 Å². The molecule has 6 nitrogen and oxygen atoms in total. The number of aliphatic carboxylic acids is 1. The number of hydrogen-bond donors (Lipinski definition) is 2. The van der Waals surface area contributed by atoms with Crippen LogP contribution in [0.25, 0.3) is 5.69 Å². The molecule has 0 aliphatic carbocycles. The van der Waals surface area contributed by atoms with Crippen molar-refractivity contribution in [2.24, 2.45) is 5.92 Å². The van der Waals surface area contributed by atoms with Gasteiger partial charge in [-0.1, -0.05) is 44.0 Å². The second-order valence-electron chi connectivity index (χ2n) is 5.73. The lowest BCUT2D eigenvalue weighted by Crippen LogP contribution is -2.45. The van der Waals surface area contributed by atoms with Crippen LogP contribution in [0.2, 0.25) is 5.02 Å². The van der Waals surface area contributed by atoms with E-state index in [1.54, 1.807) is 38.2 Å². The SMILES string of the molecule is CC[C@H](C)[C@H](NC(=O)c1nn(-c2ccccc2Cl)cc1C)C(=O)O. The van der Waals surface area contributed by atoms with E-state index in [0.29, 0.717) is 22.7 Å². The van der Waals surface area contributed by atoms with Gasteiger partial charge in [-0.05, 0) is 25.0 Å². The van der Waals surface area contributed by atoms with E-state index in [-0.39, 0.29) is 11.6 Å². The van der Waals surface area contributed by atoms with Crippen LogP contribution in [0.5, 0.6) is 0 Å². The number of para-hydroxylation sites is 1. The molecule has 1 heterocycles. The lowest BCUT2D eigenvalue weighted by atomic mass is 9.99. The summed E-state index contributed by atoms with van der Waals surface area (Å²) in [5.74, 6) is -1.75. The Bertz CT molecular complexity index is 757. The first-order chi connectivity index (χ1) is 11.3. The van der Waals surface area contributed by atoms with Crippen LogP contribution in [-0.4, -0.2) is 32.8 Å². The van der Waals surface area contributed by atoms with Crippen LogP contribution < -0.4 is 5.32 Å². The first-order valence-corrected chi connectivity index (χ1v) is 8.07. The molecule has 1 aromatic heterocycles. The van der Waals surface area contributed by atoms with Crippen molar-refractivity contribution < 1.29 is 14.7 Å².